The van der Waals surface area contributed by atoms with E-state index in [1.807, 2.05) is 6.07 Å². The van der Waals surface area contributed by atoms with Crippen molar-refractivity contribution in [1.82, 2.24) is 15.1 Å². The van der Waals surface area contributed by atoms with E-state index in [2.05, 4.69) is 10.6 Å². The second-order valence-corrected chi connectivity index (χ2v) is 6.21. The van der Waals surface area contributed by atoms with E-state index in [0.29, 0.717) is 31.5 Å². The Balaban J connectivity index is 0.00000225. The molecule has 1 fully saturated rings. The van der Waals surface area contributed by atoms with Crippen LogP contribution in [-0.4, -0.2) is 67.3 Å². The van der Waals surface area contributed by atoms with Gasteiger partial charge in [-0.05, 0) is 30.2 Å². The first-order valence-electron chi connectivity index (χ1n) is 8.21. The molecule has 136 valence electrons. The number of carbonyl (C=O) groups is 3. The van der Waals surface area contributed by atoms with Crippen LogP contribution in [0.25, 0.3) is 0 Å². The molecule has 1 saturated heterocycles. The summed E-state index contributed by atoms with van der Waals surface area (Å²) in [4.78, 5) is 39.5. The van der Waals surface area contributed by atoms with E-state index < -0.39 is 0 Å². The minimum Gasteiger partial charge on any atom is -0.339 e. The molecule has 0 aromatic heterocycles. The maximum Gasteiger partial charge on any atom is 0.254 e. The maximum atomic E-state index is 12.6. The number of rotatable bonds is 3. The Labute approximate surface area is 153 Å². The summed E-state index contributed by atoms with van der Waals surface area (Å²) < 4.78 is 0. The van der Waals surface area contributed by atoms with Gasteiger partial charge in [0, 0.05) is 50.9 Å². The van der Waals surface area contributed by atoms with Crippen molar-refractivity contribution in [2.24, 2.45) is 0 Å². The number of nitrogens with one attached hydrogen (secondary N) is 2. The molecule has 2 aliphatic heterocycles. The monoisotopic (exact) mass is 366 g/mol. The van der Waals surface area contributed by atoms with Gasteiger partial charge >= 0.3 is 0 Å². The molecule has 1 aromatic rings. The van der Waals surface area contributed by atoms with Crippen LogP contribution in [0.2, 0.25) is 0 Å². The average Bonchev–Trinajstić information content (AvgIpc) is 2.61. The minimum atomic E-state index is -0.182. The number of nitrogens with zero attached hydrogens (tertiary/aromatic N) is 2. The average molecular weight is 367 g/mol. The van der Waals surface area contributed by atoms with Crippen molar-refractivity contribution in [2.45, 2.75) is 12.8 Å². The number of likely N-dealkylation sites (N-methyl/N-ethyl adjacent to an activating group) is 1. The highest BCUT2D eigenvalue weighted by molar-refractivity contribution is 5.99. The predicted octanol–water partition coefficient (Wildman–Crippen LogP) is 0.497. The molecule has 7 nitrogen and oxygen atoms in total. The number of aryl methyl sites for hydroxylation is 1. The Morgan fingerprint density at radius 3 is 2.64 bits per heavy atom. The normalized spacial score (nSPS) is 16.4. The van der Waals surface area contributed by atoms with Crippen molar-refractivity contribution in [3.63, 3.8) is 0 Å². The van der Waals surface area contributed by atoms with Crippen LogP contribution in [0.1, 0.15) is 22.3 Å². The van der Waals surface area contributed by atoms with Crippen LogP contribution in [0, 0.1) is 0 Å². The van der Waals surface area contributed by atoms with Crippen molar-refractivity contribution in [1.29, 1.82) is 0 Å². The summed E-state index contributed by atoms with van der Waals surface area (Å²) in [6, 6.07) is 5.26. The third-order valence-corrected chi connectivity index (χ3v) is 4.44. The van der Waals surface area contributed by atoms with Crippen molar-refractivity contribution in [3.05, 3.63) is 29.3 Å². The maximum absolute atomic E-state index is 12.6. The Bertz CT molecular complexity index is 674. The third-order valence-electron chi connectivity index (χ3n) is 4.44. The number of anilines is 1. The molecule has 2 heterocycles. The van der Waals surface area contributed by atoms with Crippen molar-refractivity contribution >= 4 is 35.8 Å². The standard InChI is InChI=1S/C17H22N4O3.ClH/c1-20(11-16(23)21-8-6-18-7-9-21)17(24)13-2-4-14-12(10-13)3-5-15(22)19-14;/h2,4,10,18H,3,5-9,11H2,1H3,(H,19,22);1H. The highest BCUT2D eigenvalue weighted by atomic mass is 35.5. The van der Waals surface area contributed by atoms with E-state index in [-0.39, 0.29) is 36.7 Å². The van der Waals surface area contributed by atoms with Gasteiger partial charge in [0.15, 0.2) is 0 Å². The number of piperazine rings is 1. The first kappa shape index (κ1) is 19.2. The number of carbonyl (C=O) groups excluding carboxylic acids is 3. The summed E-state index contributed by atoms with van der Waals surface area (Å²) in [5.41, 5.74) is 2.27. The van der Waals surface area contributed by atoms with Crippen LogP contribution in [0.15, 0.2) is 18.2 Å². The molecule has 1 aromatic carbocycles. The van der Waals surface area contributed by atoms with E-state index in [4.69, 9.17) is 0 Å². The highest BCUT2D eigenvalue weighted by Crippen LogP contribution is 2.24. The molecule has 0 bridgehead atoms. The Morgan fingerprint density at radius 1 is 1.20 bits per heavy atom. The van der Waals surface area contributed by atoms with Gasteiger partial charge in [0.1, 0.15) is 0 Å². The number of hydrogen-bond acceptors (Lipinski definition) is 4. The largest absolute Gasteiger partial charge is 0.339 e. The molecule has 0 saturated carbocycles. The summed E-state index contributed by atoms with van der Waals surface area (Å²) in [5, 5.41) is 6.00. The lowest BCUT2D eigenvalue weighted by atomic mass is 10.00. The molecule has 2 N–H and O–H groups in total. The van der Waals surface area contributed by atoms with E-state index in [9.17, 15) is 14.4 Å². The Kier molecular flexibility index (Phi) is 6.39. The molecule has 2 aliphatic rings. The van der Waals surface area contributed by atoms with E-state index in [1.165, 1.54) is 4.90 Å². The van der Waals surface area contributed by atoms with Crippen LogP contribution in [0.3, 0.4) is 0 Å². The van der Waals surface area contributed by atoms with Gasteiger partial charge < -0.3 is 20.4 Å². The lowest BCUT2D eigenvalue weighted by Crippen LogP contribution is -2.49. The van der Waals surface area contributed by atoms with Gasteiger partial charge in [-0.3, -0.25) is 14.4 Å². The SMILES string of the molecule is CN(CC(=O)N1CCNCC1)C(=O)c1ccc2c(c1)CCC(=O)N2.Cl. The topological polar surface area (TPSA) is 81.8 Å². The van der Waals surface area contributed by atoms with Crippen LogP contribution < -0.4 is 10.6 Å². The van der Waals surface area contributed by atoms with Gasteiger partial charge in [0.05, 0.1) is 6.54 Å². The second-order valence-electron chi connectivity index (χ2n) is 6.21. The summed E-state index contributed by atoms with van der Waals surface area (Å²) in [5.74, 6) is -0.212. The van der Waals surface area contributed by atoms with Crippen LogP contribution >= 0.6 is 12.4 Å². The van der Waals surface area contributed by atoms with E-state index in [1.54, 1.807) is 24.1 Å². The number of hydrogen-bond donors (Lipinski definition) is 2. The zero-order valence-corrected chi connectivity index (χ0v) is 15.0. The van der Waals surface area contributed by atoms with Gasteiger partial charge in [-0.1, -0.05) is 0 Å². The molecule has 0 radical (unpaired) electrons. The molecule has 0 atom stereocenters. The quantitative estimate of drug-likeness (QED) is 0.816. The van der Waals surface area contributed by atoms with Gasteiger partial charge in [-0.15, -0.1) is 12.4 Å². The fourth-order valence-corrected chi connectivity index (χ4v) is 3.03. The number of fused-ring (bicyclic) bond motifs is 1. The number of benzene rings is 1. The van der Waals surface area contributed by atoms with Crippen LogP contribution in [0.4, 0.5) is 5.69 Å². The zero-order chi connectivity index (χ0) is 17.1. The molecule has 8 heteroatoms. The Morgan fingerprint density at radius 2 is 1.92 bits per heavy atom. The summed E-state index contributed by atoms with van der Waals surface area (Å²) in [7, 11) is 1.64. The number of amides is 3. The summed E-state index contributed by atoms with van der Waals surface area (Å²) >= 11 is 0. The molecule has 25 heavy (non-hydrogen) atoms. The Hall–Kier alpha value is -2.12. The lowest BCUT2D eigenvalue weighted by Gasteiger charge is -2.29. The number of halogens is 1. The molecule has 0 unspecified atom stereocenters. The van der Waals surface area contributed by atoms with Crippen molar-refractivity contribution in [2.75, 3.05) is 45.1 Å². The molecule has 0 aliphatic carbocycles. The molecular formula is C17H23ClN4O3. The fourth-order valence-electron chi connectivity index (χ4n) is 3.03. The van der Waals surface area contributed by atoms with Gasteiger partial charge in [-0.25, -0.2) is 0 Å². The first-order chi connectivity index (χ1) is 11.5. The lowest BCUT2D eigenvalue weighted by molar-refractivity contribution is -0.132. The van der Waals surface area contributed by atoms with E-state index >= 15 is 0 Å². The van der Waals surface area contributed by atoms with Gasteiger partial charge in [-0.2, -0.15) is 0 Å². The summed E-state index contributed by atoms with van der Waals surface area (Å²) in [6.45, 7) is 3.02. The smallest absolute Gasteiger partial charge is 0.254 e. The minimum absolute atomic E-state index is 0. The predicted molar refractivity (Wildman–Crippen MR) is 97.1 cm³/mol. The molecule has 3 rings (SSSR count). The molecule has 0 spiro atoms. The second kappa shape index (κ2) is 8.31. The summed E-state index contributed by atoms with van der Waals surface area (Å²) in [6.07, 6.45) is 1.06. The van der Waals surface area contributed by atoms with Crippen molar-refractivity contribution < 1.29 is 14.4 Å². The van der Waals surface area contributed by atoms with Gasteiger partial charge in [0.25, 0.3) is 5.91 Å². The van der Waals surface area contributed by atoms with Crippen molar-refractivity contribution in [3.8, 4) is 0 Å². The first-order valence-corrected chi connectivity index (χ1v) is 8.21. The molecule has 3 amide bonds. The third kappa shape index (κ3) is 4.49. The molecular weight excluding hydrogens is 344 g/mol. The highest BCUT2D eigenvalue weighted by Gasteiger charge is 2.22. The van der Waals surface area contributed by atoms with Crippen LogP contribution in [-0.2, 0) is 16.0 Å². The van der Waals surface area contributed by atoms with E-state index in [0.717, 1.165) is 24.3 Å². The zero-order valence-electron chi connectivity index (χ0n) is 14.2. The van der Waals surface area contributed by atoms with Gasteiger partial charge in [0.2, 0.25) is 11.8 Å². The fraction of sp³-hybridized carbons (Fsp3) is 0.471. The van der Waals surface area contributed by atoms with Crippen LogP contribution in [0.5, 0.6) is 0 Å².